The number of hydrogen-bond donors (Lipinski definition) is 0. The van der Waals surface area contributed by atoms with E-state index in [2.05, 4.69) is 24.3 Å². The molecule has 29 heavy (non-hydrogen) atoms. The number of benzene rings is 4. The zero-order valence-electron chi connectivity index (χ0n) is 15.5. The van der Waals surface area contributed by atoms with Crippen LogP contribution in [0.1, 0.15) is 11.1 Å². The maximum atomic E-state index is 12.7. The molecule has 0 amide bonds. The Morgan fingerprint density at radius 2 is 1.34 bits per heavy atom. The Hall–Kier alpha value is -3.85. The van der Waals surface area contributed by atoms with E-state index >= 15 is 0 Å². The predicted molar refractivity (Wildman–Crippen MR) is 114 cm³/mol. The van der Waals surface area contributed by atoms with Gasteiger partial charge in [0, 0.05) is 17.5 Å². The van der Waals surface area contributed by atoms with Gasteiger partial charge in [0.1, 0.15) is 17.3 Å². The first-order valence-electron chi connectivity index (χ1n) is 9.61. The van der Waals surface area contributed by atoms with E-state index in [0.717, 1.165) is 38.4 Å². The molecule has 0 aliphatic carbocycles. The number of carbonyl (C=O) groups is 1. The van der Waals surface area contributed by atoms with Gasteiger partial charge in [-0.25, -0.2) is 4.79 Å². The van der Waals surface area contributed by atoms with Gasteiger partial charge in [-0.3, -0.25) is 0 Å². The molecule has 0 bridgehead atoms. The summed E-state index contributed by atoms with van der Waals surface area (Å²) in [6.45, 7) is 0. The van der Waals surface area contributed by atoms with Crippen LogP contribution < -0.4 is 9.47 Å². The highest BCUT2D eigenvalue weighted by molar-refractivity contribution is 5.99. The minimum Gasteiger partial charge on any atom is -0.456 e. The monoisotopic (exact) mass is 376 g/mol. The molecular formula is C26H16O3. The lowest BCUT2D eigenvalue weighted by atomic mass is 9.94. The fourth-order valence-corrected chi connectivity index (χ4v) is 4.20. The zero-order chi connectivity index (χ0) is 19.4. The molecule has 0 fully saturated rings. The van der Waals surface area contributed by atoms with E-state index in [1.165, 1.54) is 0 Å². The average molecular weight is 376 g/mol. The molecule has 4 aromatic carbocycles. The van der Waals surface area contributed by atoms with Crippen LogP contribution in [0.3, 0.4) is 0 Å². The normalized spacial score (nSPS) is 17.6. The Kier molecular flexibility index (Phi) is 3.38. The van der Waals surface area contributed by atoms with Crippen molar-refractivity contribution >= 4 is 33.6 Å². The Morgan fingerprint density at radius 3 is 2.17 bits per heavy atom. The van der Waals surface area contributed by atoms with Crippen molar-refractivity contribution in [3.63, 3.8) is 0 Å². The van der Waals surface area contributed by atoms with Crippen LogP contribution in [-0.2, 0) is 11.2 Å². The summed E-state index contributed by atoms with van der Waals surface area (Å²) in [6, 6.07) is 24.2. The van der Waals surface area contributed by atoms with E-state index in [9.17, 15) is 4.79 Å². The Labute approximate surface area is 167 Å². The highest BCUT2D eigenvalue weighted by Gasteiger charge is 2.28. The first kappa shape index (κ1) is 16.1. The summed E-state index contributed by atoms with van der Waals surface area (Å²) >= 11 is 0. The molecule has 0 aromatic heterocycles. The van der Waals surface area contributed by atoms with Crippen molar-refractivity contribution in [2.24, 2.45) is 0 Å². The zero-order valence-corrected chi connectivity index (χ0v) is 15.5. The van der Waals surface area contributed by atoms with Gasteiger partial charge in [0.05, 0.1) is 5.57 Å². The molecule has 0 radical (unpaired) electrons. The summed E-state index contributed by atoms with van der Waals surface area (Å²) in [5, 5.41) is 4.52. The predicted octanol–water partition coefficient (Wildman–Crippen LogP) is 5.81. The molecule has 0 N–H and O–H groups in total. The van der Waals surface area contributed by atoms with Crippen LogP contribution in [0, 0.1) is 0 Å². The molecule has 2 aliphatic heterocycles. The van der Waals surface area contributed by atoms with Crippen molar-refractivity contribution in [2.45, 2.75) is 6.42 Å². The second kappa shape index (κ2) is 6.08. The van der Waals surface area contributed by atoms with Gasteiger partial charge >= 0.3 is 5.97 Å². The van der Waals surface area contributed by atoms with E-state index in [1.54, 1.807) is 0 Å². The Morgan fingerprint density at radius 1 is 0.655 bits per heavy atom. The fourth-order valence-electron chi connectivity index (χ4n) is 4.20. The molecule has 0 saturated heterocycles. The Bertz CT molecular complexity index is 1390. The van der Waals surface area contributed by atoms with Crippen molar-refractivity contribution < 1.29 is 14.3 Å². The van der Waals surface area contributed by atoms with Crippen molar-refractivity contribution in [1.82, 2.24) is 0 Å². The van der Waals surface area contributed by atoms with Gasteiger partial charge in [-0.15, -0.1) is 0 Å². The standard InChI is InChI=1S/C26H16O3/c27-26-22(15-21-19-8-4-2-6-17(19)10-13-24(21)29-26)25-14-11-20-18-7-3-1-5-16(18)9-12-23(20)28-25/h1-14H,15H2. The van der Waals surface area contributed by atoms with Gasteiger partial charge in [0.15, 0.2) is 0 Å². The van der Waals surface area contributed by atoms with E-state index in [4.69, 9.17) is 9.47 Å². The molecule has 0 atom stereocenters. The summed E-state index contributed by atoms with van der Waals surface area (Å²) in [5.74, 6) is 1.59. The van der Waals surface area contributed by atoms with Gasteiger partial charge < -0.3 is 9.47 Å². The molecule has 0 spiro atoms. The maximum absolute atomic E-state index is 12.7. The fraction of sp³-hybridized carbons (Fsp3) is 0.0385. The highest BCUT2D eigenvalue weighted by atomic mass is 16.5. The number of fused-ring (bicyclic) bond motifs is 6. The van der Waals surface area contributed by atoms with Crippen molar-refractivity contribution in [3.05, 3.63) is 101 Å². The number of hydrogen-bond acceptors (Lipinski definition) is 3. The molecular weight excluding hydrogens is 360 g/mol. The first-order valence-corrected chi connectivity index (χ1v) is 9.61. The molecule has 2 heterocycles. The maximum Gasteiger partial charge on any atom is 0.343 e. The smallest absolute Gasteiger partial charge is 0.343 e. The van der Waals surface area contributed by atoms with Gasteiger partial charge in [0.25, 0.3) is 0 Å². The lowest BCUT2D eigenvalue weighted by Gasteiger charge is -2.23. The van der Waals surface area contributed by atoms with Crippen molar-refractivity contribution in [1.29, 1.82) is 0 Å². The summed E-state index contributed by atoms with van der Waals surface area (Å²) in [6.07, 6.45) is 4.38. The third kappa shape index (κ3) is 2.48. The SMILES string of the molecule is O=C1Oc2ccc3ccccc3c2CC1=C1C=Cc2c(ccc3ccccc23)O1. The van der Waals surface area contributed by atoms with E-state index in [1.807, 2.05) is 60.7 Å². The first-order chi connectivity index (χ1) is 14.3. The third-order valence-electron chi connectivity index (χ3n) is 5.65. The summed E-state index contributed by atoms with van der Waals surface area (Å²) in [7, 11) is 0. The topological polar surface area (TPSA) is 35.5 Å². The van der Waals surface area contributed by atoms with Crippen LogP contribution in [0.25, 0.3) is 27.6 Å². The molecule has 3 nitrogen and oxygen atoms in total. The van der Waals surface area contributed by atoms with Gasteiger partial charge in [0.2, 0.25) is 0 Å². The molecule has 0 unspecified atom stereocenters. The molecule has 2 aliphatic rings. The van der Waals surface area contributed by atoms with Crippen LogP contribution in [0.15, 0.2) is 90.2 Å². The lowest BCUT2D eigenvalue weighted by molar-refractivity contribution is -0.131. The lowest BCUT2D eigenvalue weighted by Crippen LogP contribution is -2.22. The van der Waals surface area contributed by atoms with Crippen molar-refractivity contribution in [3.8, 4) is 11.5 Å². The molecule has 3 heteroatoms. The van der Waals surface area contributed by atoms with Crippen molar-refractivity contribution in [2.75, 3.05) is 0 Å². The number of ether oxygens (including phenoxy) is 2. The summed E-state index contributed by atoms with van der Waals surface area (Å²) < 4.78 is 11.8. The quantitative estimate of drug-likeness (QED) is 0.221. The van der Waals surface area contributed by atoms with Crippen LogP contribution in [0.5, 0.6) is 11.5 Å². The summed E-state index contributed by atoms with van der Waals surface area (Å²) in [4.78, 5) is 12.7. The Balaban J connectivity index is 1.48. The third-order valence-corrected chi connectivity index (χ3v) is 5.65. The van der Waals surface area contributed by atoms with Gasteiger partial charge in [-0.2, -0.15) is 0 Å². The van der Waals surface area contributed by atoms with E-state index < -0.39 is 0 Å². The number of allylic oxidation sites excluding steroid dienone is 1. The van der Waals surface area contributed by atoms with Crippen LogP contribution in [0.4, 0.5) is 0 Å². The minimum atomic E-state index is -0.350. The largest absolute Gasteiger partial charge is 0.456 e. The van der Waals surface area contributed by atoms with Crippen LogP contribution in [-0.4, -0.2) is 5.97 Å². The van der Waals surface area contributed by atoms with Crippen LogP contribution in [0.2, 0.25) is 0 Å². The number of rotatable bonds is 0. The second-order valence-corrected chi connectivity index (χ2v) is 7.31. The average Bonchev–Trinajstić information content (AvgIpc) is 2.78. The number of carbonyl (C=O) groups excluding carboxylic acids is 1. The molecule has 6 rings (SSSR count). The second-order valence-electron chi connectivity index (χ2n) is 7.31. The van der Waals surface area contributed by atoms with Gasteiger partial charge in [-0.1, -0.05) is 60.7 Å². The van der Waals surface area contributed by atoms with E-state index in [0.29, 0.717) is 23.5 Å². The molecule has 4 aromatic rings. The number of esters is 1. The van der Waals surface area contributed by atoms with Crippen LogP contribution >= 0.6 is 0 Å². The van der Waals surface area contributed by atoms with Gasteiger partial charge in [-0.05, 0) is 45.8 Å². The van der Waals surface area contributed by atoms with E-state index in [-0.39, 0.29) is 5.97 Å². The molecule has 0 saturated carbocycles. The highest BCUT2D eigenvalue weighted by Crippen LogP contribution is 2.38. The molecule has 138 valence electrons. The summed E-state index contributed by atoms with van der Waals surface area (Å²) in [5.41, 5.74) is 2.60. The minimum absolute atomic E-state index is 0.350.